The quantitative estimate of drug-likeness (QED) is 0.343. The number of unbranched alkanes of at least 4 members (excludes halogenated alkanes) is 2. The van der Waals surface area contributed by atoms with Crippen LogP contribution in [0.1, 0.15) is 51.2 Å². The molecule has 1 fully saturated rings. The van der Waals surface area contributed by atoms with E-state index in [1.165, 1.54) is 6.07 Å². The van der Waals surface area contributed by atoms with Gasteiger partial charge in [-0.05, 0) is 43.2 Å². The maximum atomic E-state index is 14.1. The first-order valence-electron chi connectivity index (χ1n) is 10.6. The average Bonchev–Trinajstić information content (AvgIpc) is 3.27. The van der Waals surface area contributed by atoms with Crippen LogP contribution in [-0.4, -0.2) is 18.7 Å². The second kappa shape index (κ2) is 9.61. The maximum absolute atomic E-state index is 14.1. The minimum absolute atomic E-state index is 0.0680. The van der Waals surface area contributed by atoms with Crippen LogP contribution in [0.4, 0.5) is 4.39 Å². The highest BCUT2D eigenvalue weighted by Gasteiger charge is 2.64. The van der Waals surface area contributed by atoms with Crippen molar-refractivity contribution in [3.8, 4) is 11.5 Å². The van der Waals surface area contributed by atoms with Crippen molar-refractivity contribution in [3.63, 3.8) is 0 Å². The third-order valence-corrected chi connectivity index (χ3v) is 5.65. The number of rotatable bonds is 10. The van der Waals surface area contributed by atoms with Gasteiger partial charge in [0.2, 0.25) is 0 Å². The van der Waals surface area contributed by atoms with Crippen LogP contribution < -0.4 is 4.74 Å². The SMILES string of the molecule is CCCCCOC1C(C(=O)OCc2ccc(F)c(Oc3ccc(C)cc3)c2)C1(C)C. The molecular formula is C25H31FO4. The van der Waals surface area contributed by atoms with E-state index in [4.69, 9.17) is 14.2 Å². The lowest BCUT2D eigenvalue weighted by Crippen LogP contribution is -2.12. The molecule has 2 unspecified atom stereocenters. The molecule has 2 aromatic rings. The highest BCUT2D eigenvalue weighted by atomic mass is 19.1. The molecule has 0 heterocycles. The maximum Gasteiger partial charge on any atom is 0.312 e. The Labute approximate surface area is 178 Å². The van der Waals surface area contributed by atoms with Gasteiger partial charge in [-0.1, -0.05) is 57.4 Å². The molecule has 0 aromatic heterocycles. The standard InChI is InChI=1S/C25H31FO4/c1-5-6-7-14-28-23-22(25(23,3)4)24(27)29-16-18-10-13-20(26)21(15-18)30-19-11-8-17(2)9-12-19/h8-13,15,22-23H,5-7,14,16H2,1-4H3. The number of aryl methyl sites for hydroxylation is 1. The summed E-state index contributed by atoms with van der Waals surface area (Å²) in [5.41, 5.74) is 1.55. The summed E-state index contributed by atoms with van der Waals surface area (Å²) >= 11 is 0. The van der Waals surface area contributed by atoms with Gasteiger partial charge in [-0.25, -0.2) is 4.39 Å². The molecule has 4 nitrogen and oxygen atoms in total. The van der Waals surface area contributed by atoms with Gasteiger partial charge in [0, 0.05) is 12.0 Å². The fourth-order valence-corrected chi connectivity index (χ4v) is 3.58. The molecule has 1 aliphatic carbocycles. The van der Waals surface area contributed by atoms with Crippen molar-refractivity contribution in [1.29, 1.82) is 0 Å². The summed E-state index contributed by atoms with van der Waals surface area (Å²) in [5, 5.41) is 0. The smallest absolute Gasteiger partial charge is 0.312 e. The highest BCUT2D eigenvalue weighted by molar-refractivity contribution is 5.78. The molecule has 1 aliphatic rings. The van der Waals surface area contributed by atoms with Gasteiger partial charge in [0.1, 0.15) is 12.4 Å². The Morgan fingerprint density at radius 1 is 1.10 bits per heavy atom. The fraction of sp³-hybridized carbons (Fsp3) is 0.480. The molecule has 0 amide bonds. The molecule has 30 heavy (non-hydrogen) atoms. The Kier molecular flexibility index (Phi) is 7.14. The number of hydrogen-bond donors (Lipinski definition) is 0. The van der Waals surface area contributed by atoms with Gasteiger partial charge in [-0.3, -0.25) is 4.79 Å². The molecule has 5 heteroatoms. The predicted octanol–water partition coefficient (Wildman–Crippen LogP) is 6.20. The van der Waals surface area contributed by atoms with Crippen LogP contribution >= 0.6 is 0 Å². The van der Waals surface area contributed by atoms with Crippen molar-refractivity contribution < 1.29 is 23.4 Å². The molecule has 0 bridgehead atoms. The first-order chi connectivity index (χ1) is 14.3. The molecule has 3 rings (SSSR count). The summed E-state index contributed by atoms with van der Waals surface area (Å²) in [7, 11) is 0. The topological polar surface area (TPSA) is 44.8 Å². The number of ether oxygens (including phenoxy) is 3. The number of carbonyl (C=O) groups excluding carboxylic acids is 1. The van der Waals surface area contributed by atoms with Crippen LogP contribution in [0.15, 0.2) is 42.5 Å². The first-order valence-corrected chi connectivity index (χ1v) is 10.6. The minimum atomic E-state index is -0.463. The summed E-state index contributed by atoms with van der Waals surface area (Å²) in [5.74, 6) is -0.337. The molecule has 0 N–H and O–H groups in total. The molecular weight excluding hydrogens is 383 g/mol. The molecule has 0 spiro atoms. The van der Waals surface area contributed by atoms with Crippen molar-refractivity contribution in [2.75, 3.05) is 6.61 Å². The van der Waals surface area contributed by atoms with Gasteiger partial charge in [0.25, 0.3) is 0 Å². The van der Waals surface area contributed by atoms with Crippen molar-refractivity contribution in [2.45, 2.75) is 59.7 Å². The molecule has 1 saturated carbocycles. The fourth-order valence-electron chi connectivity index (χ4n) is 3.58. The van der Waals surface area contributed by atoms with Gasteiger partial charge in [0.15, 0.2) is 11.6 Å². The van der Waals surface area contributed by atoms with E-state index in [1.54, 1.807) is 24.3 Å². The van der Waals surface area contributed by atoms with E-state index in [2.05, 4.69) is 6.92 Å². The monoisotopic (exact) mass is 414 g/mol. The van der Waals surface area contributed by atoms with E-state index < -0.39 is 5.82 Å². The van der Waals surface area contributed by atoms with Crippen LogP contribution in [0.5, 0.6) is 11.5 Å². The summed E-state index contributed by atoms with van der Waals surface area (Å²) in [4.78, 5) is 12.6. The van der Waals surface area contributed by atoms with E-state index in [0.717, 1.165) is 24.8 Å². The van der Waals surface area contributed by atoms with Gasteiger partial charge >= 0.3 is 5.97 Å². The van der Waals surface area contributed by atoms with Gasteiger partial charge in [-0.2, -0.15) is 0 Å². The molecule has 162 valence electrons. The largest absolute Gasteiger partial charge is 0.461 e. The predicted molar refractivity (Wildman–Crippen MR) is 114 cm³/mol. The van der Waals surface area contributed by atoms with Gasteiger partial charge in [0.05, 0.1) is 12.0 Å². The second-order valence-corrected chi connectivity index (χ2v) is 8.59. The molecule has 0 radical (unpaired) electrons. The Morgan fingerprint density at radius 2 is 1.83 bits per heavy atom. The van der Waals surface area contributed by atoms with Gasteiger partial charge in [-0.15, -0.1) is 0 Å². The van der Waals surface area contributed by atoms with Gasteiger partial charge < -0.3 is 14.2 Å². The third kappa shape index (κ3) is 5.39. The number of hydrogen-bond acceptors (Lipinski definition) is 4. The summed E-state index contributed by atoms with van der Waals surface area (Å²) in [6, 6.07) is 11.9. The summed E-state index contributed by atoms with van der Waals surface area (Å²) in [6.45, 7) is 8.90. The summed E-state index contributed by atoms with van der Waals surface area (Å²) in [6.07, 6.45) is 3.16. The second-order valence-electron chi connectivity index (χ2n) is 8.59. The van der Waals surface area contributed by atoms with E-state index in [1.807, 2.05) is 32.9 Å². The van der Waals surface area contributed by atoms with Crippen molar-refractivity contribution >= 4 is 5.97 Å². The third-order valence-electron chi connectivity index (χ3n) is 5.65. The number of esters is 1. The Hall–Kier alpha value is -2.40. The normalized spacial score (nSPS) is 19.4. The van der Waals surface area contributed by atoms with Crippen LogP contribution in [0.2, 0.25) is 0 Å². The van der Waals surface area contributed by atoms with Crippen molar-refractivity contribution in [2.24, 2.45) is 11.3 Å². The van der Waals surface area contributed by atoms with Crippen LogP contribution in [-0.2, 0) is 20.9 Å². The zero-order valence-corrected chi connectivity index (χ0v) is 18.2. The van der Waals surface area contributed by atoms with Crippen LogP contribution in [0.25, 0.3) is 0 Å². The van der Waals surface area contributed by atoms with E-state index in [9.17, 15) is 9.18 Å². The number of carbonyl (C=O) groups is 1. The Bertz CT molecular complexity index is 860. The number of benzene rings is 2. The lowest BCUT2D eigenvalue weighted by atomic mass is 10.1. The summed E-state index contributed by atoms with van der Waals surface area (Å²) < 4.78 is 31.2. The molecule has 0 saturated heterocycles. The van der Waals surface area contributed by atoms with E-state index in [-0.39, 0.29) is 35.8 Å². The highest BCUT2D eigenvalue weighted by Crippen LogP contribution is 2.54. The zero-order chi connectivity index (χ0) is 21.7. The molecule has 2 aromatic carbocycles. The van der Waals surface area contributed by atoms with E-state index in [0.29, 0.717) is 17.9 Å². The van der Waals surface area contributed by atoms with E-state index >= 15 is 0 Å². The number of halogens is 1. The molecule has 0 aliphatic heterocycles. The molecule has 2 atom stereocenters. The zero-order valence-electron chi connectivity index (χ0n) is 18.2. The van der Waals surface area contributed by atoms with Crippen molar-refractivity contribution in [3.05, 3.63) is 59.4 Å². The Morgan fingerprint density at radius 3 is 2.53 bits per heavy atom. The lowest BCUT2D eigenvalue weighted by Gasteiger charge is -2.10. The lowest BCUT2D eigenvalue weighted by molar-refractivity contribution is -0.148. The average molecular weight is 415 g/mol. The van der Waals surface area contributed by atoms with Crippen LogP contribution in [0, 0.1) is 24.1 Å². The first kappa shape index (κ1) is 22.3. The van der Waals surface area contributed by atoms with Crippen molar-refractivity contribution in [1.82, 2.24) is 0 Å². The Balaban J connectivity index is 1.55. The van der Waals surface area contributed by atoms with Crippen LogP contribution in [0.3, 0.4) is 0 Å². The minimum Gasteiger partial charge on any atom is -0.461 e.